The van der Waals surface area contributed by atoms with Crippen molar-refractivity contribution in [3.63, 3.8) is 0 Å². The van der Waals surface area contributed by atoms with Gasteiger partial charge < -0.3 is 9.47 Å². The summed E-state index contributed by atoms with van der Waals surface area (Å²) in [5, 5.41) is 8.17. The Morgan fingerprint density at radius 2 is 0.977 bits per heavy atom. The van der Waals surface area contributed by atoms with Crippen LogP contribution in [-0.2, 0) is 4.74 Å². The summed E-state index contributed by atoms with van der Waals surface area (Å²) in [4.78, 5) is 0. The Kier molecular flexibility index (Phi) is 9.01. The Morgan fingerprint density at radius 1 is 0.477 bits per heavy atom. The molecule has 1 aliphatic heterocycles. The highest BCUT2D eigenvalue weighted by Crippen LogP contribution is 2.54. The predicted molar refractivity (Wildman–Crippen MR) is 189 cm³/mol. The molecule has 1 heterocycles. The van der Waals surface area contributed by atoms with E-state index in [-0.39, 0.29) is 0 Å². The summed E-state index contributed by atoms with van der Waals surface area (Å²) in [6, 6.07) is 50.8. The Hall–Kier alpha value is -3.96. The minimum Gasteiger partial charge on any atom is -0.493 e. The molecule has 0 unspecified atom stereocenters. The van der Waals surface area contributed by atoms with E-state index in [4.69, 9.17) is 9.47 Å². The molecule has 0 spiro atoms. The lowest BCUT2D eigenvalue weighted by molar-refractivity contribution is 0.203. The molecule has 0 aromatic heterocycles. The fraction of sp³-hybridized carbons (Fsp3) is 0.150. The van der Waals surface area contributed by atoms with E-state index in [2.05, 4.69) is 146 Å². The van der Waals surface area contributed by atoms with Crippen LogP contribution in [0.5, 0.6) is 5.75 Å². The van der Waals surface area contributed by atoms with Crippen LogP contribution in [0.25, 0.3) is 5.57 Å². The number of hydrogen-bond acceptors (Lipinski definition) is 2. The summed E-state index contributed by atoms with van der Waals surface area (Å²) < 4.78 is 13.5. The lowest BCUT2D eigenvalue weighted by Crippen LogP contribution is -2.26. The van der Waals surface area contributed by atoms with E-state index in [0.29, 0.717) is 13.2 Å². The fourth-order valence-electron chi connectivity index (χ4n) is 6.17. The van der Waals surface area contributed by atoms with Gasteiger partial charge in [0.1, 0.15) is 11.5 Å². The first-order valence-corrected chi connectivity index (χ1v) is 18.2. The highest BCUT2D eigenvalue weighted by molar-refractivity contribution is 7.80. The molecule has 1 aliphatic carbocycles. The molecular formula is C40H36O2P2. The first kappa shape index (κ1) is 28.8. The third kappa shape index (κ3) is 6.03. The van der Waals surface area contributed by atoms with E-state index < -0.39 is 15.8 Å². The normalized spacial score (nSPS) is 15.1. The van der Waals surface area contributed by atoms with Crippen LogP contribution < -0.4 is 31.3 Å². The van der Waals surface area contributed by atoms with Crippen molar-refractivity contribution in [2.75, 3.05) is 13.2 Å². The molecule has 5 aromatic rings. The molecule has 0 atom stereocenters. The molecular weight excluding hydrogens is 574 g/mol. The third-order valence-electron chi connectivity index (χ3n) is 8.12. The third-order valence-corrected chi connectivity index (χ3v) is 13.2. The van der Waals surface area contributed by atoms with Gasteiger partial charge in [0, 0.05) is 11.1 Å². The summed E-state index contributed by atoms with van der Waals surface area (Å²) in [5.74, 6) is 1.98. The Bertz CT molecular complexity index is 1670. The van der Waals surface area contributed by atoms with Crippen molar-refractivity contribution in [3.05, 3.63) is 162 Å². The first-order valence-electron chi connectivity index (χ1n) is 15.5. The van der Waals surface area contributed by atoms with Crippen LogP contribution in [0, 0.1) is 0 Å². The highest BCUT2D eigenvalue weighted by Gasteiger charge is 2.33. The van der Waals surface area contributed by atoms with E-state index in [9.17, 15) is 0 Å². The second-order valence-corrected chi connectivity index (χ2v) is 15.4. The smallest absolute Gasteiger partial charge is 0.127 e. The molecule has 0 fully saturated rings. The van der Waals surface area contributed by atoms with Crippen LogP contribution in [0.1, 0.15) is 31.2 Å². The monoisotopic (exact) mass is 610 g/mol. The molecule has 0 bridgehead atoms. The van der Waals surface area contributed by atoms with Gasteiger partial charge in [-0.2, -0.15) is 0 Å². The number of benzene rings is 5. The van der Waals surface area contributed by atoms with E-state index in [1.807, 2.05) is 0 Å². The first-order chi connectivity index (χ1) is 21.9. The number of allylic oxidation sites excluding steroid dienone is 3. The summed E-state index contributed by atoms with van der Waals surface area (Å²) in [5.41, 5.74) is 2.44. The van der Waals surface area contributed by atoms with Crippen molar-refractivity contribution in [1.82, 2.24) is 0 Å². The van der Waals surface area contributed by atoms with Gasteiger partial charge in [0.25, 0.3) is 0 Å². The van der Waals surface area contributed by atoms with Crippen molar-refractivity contribution in [2.24, 2.45) is 0 Å². The van der Waals surface area contributed by atoms with Gasteiger partial charge in [0.15, 0.2) is 0 Å². The van der Waals surface area contributed by atoms with Gasteiger partial charge >= 0.3 is 0 Å². The minimum absolute atomic E-state index is 0.683. The fourth-order valence-corrected chi connectivity index (χ4v) is 11.3. The van der Waals surface area contributed by atoms with Crippen molar-refractivity contribution in [1.29, 1.82) is 0 Å². The molecule has 2 nitrogen and oxygen atoms in total. The van der Waals surface area contributed by atoms with Gasteiger partial charge in [-0.1, -0.05) is 133 Å². The molecule has 2 aliphatic rings. The Balaban J connectivity index is 1.55. The van der Waals surface area contributed by atoms with Crippen molar-refractivity contribution in [3.8, 4) is 5.75 Å². The molecule has 218 valence electrons. The summed E-state index contributed by atoms with van der Waals surface area (Å²) in [6.07, 6.45) is 6.23. The zero-order valence-corrected chi connectivity index (χ0v) is 26.6. The van der Waals surface area contributed by atoms with Crippen LogP contribution in [0.15, 0.2) is 157 Å². The van der Waals surface area contributed by atoms with Crippen LogP contribution in [0.3, 0.4) is 0 Å². The zero-order valence-electron chi connectivity index (χ0n) is 24.8. The number of fused-ring (bicyclic) bond motifs is 3. The maximum absolute atomic E-state index is 6.74. The van der Waals surface area contributed by atoms with Crippen LogP contribution in [-0.4, -0.2) is 13.2 Å². The summed E-state index contributed by atoms with van der Waals surface area (Å²) in [7, 11) is -1.67. The molecule has 44 heavy (non-hydrogen) atoms. The van der Waals surface area contributed by atoms with Gasteiger partial charge in [-0.05, 0) is 85.5 Å². The topological polar surface area (TPSA) is 18.5 Å². The quantitative estimate of drug-likeness (QED) is 0.181. The minimum atomic E-state index is -0.865. The standard InChI is InChI=1S/C40H36O2P2/c1-5-17-31(18-6-1)43(32-19-7-2-8-20-32)37-27-15-25-35-39(37)40-36(42-30-14-13-29-41-35)26-16-28-38(40)44(33-21-9-3-10-22-33)34-23-11-4-12-24-34/h1-12,15,17-27H,13-14,16,28-30H2. The lowest BCUT2D eigenvalue weighted by Gasteiger charge is -2.33. The van der Waals surface area contributed by atoms with E-state index in [0.717, 1.165) is 37.2 Å². The van der Waals surface area contributed by atoms with Crippen LogP contribution in [0.4, 0.5) is 0 Å². The molecule has 0 N–H and O–H groups in total. The average Bonchev–Trinajstić information content (AvgIpc) is 3.09. The van der Waals surface area contributed by atoms with Gasteiger partial charge in [-0.25, -0.2) is 0 Å². The summed E-state index contributed by atoms with van der Waals surface area (Å²) >= 11 is 0. The SMILES string of the molecule is C1=C2OCCCCOc3cccc(P(c4ccccc4)c4ccccc4)c3C2=C(P(c2ccccc2)c2ccccc2)CC1. The highest BCUT2D eigenvalue weighted by atomic mass is 31.1. The molecule has 0 saturated heterocycles. The molecule has 4 heteroatoms. The van der Waals surface area contributed by atoms with Crippen molar-refractivity contribution >= 4 is 47.9 Å². The molecule has 0 radical (unpaired) electrons. The number of hydrogen-bond donors (Lipinski definition) is 0. The van der Waals surface area contributed by atoms with E-state index in [1.165, 1.54) is 43.0 Å². The Morgan fingerprint density at radius 3 is 1.52 bits per heavy atom. The second kappa shape index (κ2) is 13.8. The van der Waals surface area contributed by atoms with Gasteiger partial charge in [-0.15, -0.1) is 0 Å². The zero-order chi connectivity index (χ0) is 29.6. The van der Waals surface area contributed by atoms with Crippen LogP contribution >= 0.6 is 15.8 Å². The number of rotatable bonds is 6. The summed E-state index contributed by atoms with van der Waals surface area (Å²) in [6.45, 7) is 1.38. The Labute approximate surface area is 263 Å². The van der Waals surface area contributed by atoms with Crippen molar-refractivity contribution in [2.45, 2.75) is 25.7 Å². The molecule has 7 rings (SSSR count). The lowest BCUT2D eigenvalue weighted by atomic mass is 9.96. The molecule has 0 saturated carbocycles. The maximum atomic E-state index is 6.74. The van der Waals surface area contributed by atoms with Crippen molar-refractivity contribution < 1.29 is 9.47 Å². The van der Waals surface area contributed by atoms with E-state index in [1.54, 1.807) is 0 Å². The van der Waals surface area contributed by atoms with E-state index >= 15 is 0 Å². The second-order valence-electron chi connectivity index (χ2n) is 11.0. The number of ether oxygens (including phenoxy) is 2. The van der Waals surface area contributed by atoms with Gasteiger partial charge in [0.2, 0.25) is 0 Å². The average molecular weight is 611 g/mol. The predicted octanol–water partition coefficient (Wildman–Crippen LogP) is 8.16. The van der Waals surface area contributed by atoms with Gasteiger partial charge in [-0.3, -0.25) is 0 Å². The van der Waals surface area contributed by atoms with Gasteiger partial charge in [0.05, 0.1) is 13.2 Å². The molecule has 5 aromatic carbocycles. The largest absolute Gasteiger partial charge is 0.493 e. The maximum Gasteiger partial charge on any atom is 0.127 e. The molecule has 0 amide bonds. The van der Waals surface area contributed by atoms with Crippen LogP contribution in [0.2, 0.25) is 0 Å².